The van der Waals surface area contributed by atoms with Crippen LogP contribution in [-0.4, -0.2) is 53.8 Å². The van der Waals surface area contributed by atoms with Gasteiger partial charge < -0.3 is 14.4 Å². The molecule has 0 spiro atoms. The molecular weight excluding hydrogens is 364 g/mol. The highest BCUT2D eigenvalue weighted by molar-refractivity contribution is 5.81. The standard InChI is InChI=1S/C24H30N2O3/c1-19(27)8-9-21-10-12-23(13-11-21)29-20(2)24(28)26-16-14-25(15-17-26)18-22-6-4-3-5-7-22/h3-7,10-13,20H,8-9,14-18H2,1-2H3. The monoisotopic (exact) mass is 394 g/mol. The molecule has 5 nitrogen and oxygen atoms in total. The molecule has 1 aliphatic rings. The minimum atomic E-state index is -0.515. The van der Waals surface area contributed by atoms with Gasteiger partial charge in [0.05, 0.1) is 0 Å². The maximum absolute atomic E-state index is 12.8. The van der Waals surface area contributed by atoms with Crippen LogP contribution >= 0.6 is 0 Å². The van der Waals surface area contributed by atoms with E-state index in [2.05, 4.69) is 29.2 Å². The number of carbonyl (C=O) groups excluding carboxylic acids is 2. The third-order valence-corrected chi connectivity index (χ3v) is 5.28. The van der Waals surface area contributed by atoms with Crippen LogP contribution in [0.15, 0.2) is 54.6 Å². The molecule has 0 aromatic heterocycles. The van der Waals surface area contributed by atoms with Gasteiger partial charge in [0.2, 0.25) is 0 Å². The zero-order valence-electron chi connectivity index (χ0n) is 17.3. The number of ketones is 1. The normalized spacial score (nSPS) is 15.7. The van der Waals surface area contributed by atoms with Crippen molar-refractivity contribution in [3.05, 3.63) is 65.7 Å². The van der Waals surface area contributed by atoms with Crippen molar-refractivity contribution in [1.29, 1.82) is 0 Å². The molecule has 3 rings (SSSR count). The average Bonchev–Trinajstić information content (AvgIpc) is 2.74. The van der Waals surface area contributed by atoms with Gasteiger partial charge in [-0.2, -0.15) is 0 Å². The first-order chi connectivity index (χ1) is 14.0. The van der Waals surface area contributed by atoms with Crippen LogP contribution in [0.2, 0.25) is 0 Å². The summed E-state index contributed by atoms with van der Waals surface area (Å²) in [7, 11) is 0. The van der Waals surface area contributed by atoms with Crippen LogP contribution in [0.5, 0.6) is 5.75 Å². The largest absolute Gasteiger partial charge is 0.481 e. The van der Waals surface area contributed by atoms with E-state index in [1.165, 1.54) is 5.56 Å². The van der Waals surface area contributed by atoms with E-state index in [1.54, 1.807) is 6.92 Å². The fourth-order valence-corrected chi connectivity index (χ4v) is 3.53. The van der Waals surface area contributed by atoms with Gasteiger partial charge in [-0.25, -0.2) is 0 Å². The predicted molar refractivity (Wildman–Crippen MR) is 114 cm³/mol. The Morgan fingerprint density at radius 1 is 0.931 bits per heavy atom. The van der Waals surface area contributed by atoms with E-state index >= 15 is 0 Å². The molecule has 1 saturated heterocycles. The van der Waals surface area contributed by atoms with Crippen molar-refractivity contribution in [2.45, 2.75) is 39.3 Å². The van der Waals surface area contributed by atoms with Crippen LogP contribution in [0, 0.1) is 0 Å². The quantitative estimate of drug-likeness (QED) is 0.689. The highest BCUT2D eigenvalue weighted by Gasteiger charge is 2.26. The Kier molecular flexibility index (Phi) is 7.42. The number of hydrogen-bond donors (Lipinski definition) is 0. The molecule has 0 aliphatic carbocycles. The zero-order chi connectivity index (χ0) is 20.6. The van der Waals surface area contributed by atoms with Crippen LogP contribution in [0.1, 0.15) is 31.4 Å². The van der Waals surface area contributed by atoms with Crippen molar-refractivity contribution in [3.63, 3.8) is 0 Å². The van der Waals surface area contributed by atoms with Gasteiger partial charge in [-0.05, 0) is 43.5 Å². The Hall–Kier alpha value is -2.66. The van der Waals surface area contributed by atoms with Crippen LogP contribution < -0.4 is 4.74 Å². The van der Waals surface area contributed by atoms with E-state index in [9.17, 15) is 9.59 Å². The molecule has 1 atom stereocenters. The number of nitrogens with zero attached hydrogens (tertiary/aromatic N) is 2. The Balaban J connectivity index is 1.45. The summed E-state index contributed by atoms with van der Waals surface area (Å²) in [6.45, 7) is 7.53. The predicted octanol–water partition coefficient (Wildman–Crippen LogP) is 3.32. The van der Waals surface area contributed by atoms with Crippen molar-refractivity contribution >= 4 is 11.7 Å². The van der Waals surface area contributed by atoms with Crippen LogP contribution in [0.25, 0.3) is 0 Å². The SMILES string of the molecule is CC(=O)CCc1ccc(OC(C)C(=O)N2CCN(Cc3ccccc3)CC2)cc1. The molecule has 1 amide bonds. The number of ether oxygens (including phenoxy) is 1. The molecule has 0 radical (unpaired) electrons. The van der Waals surface area contributed by atoms with E-state index in [4.69, 9.17) is 4.74 Å². The molecule has 5 heteroatoms. The molecule has 29 heavy (non-hydrogen) atoms. The number of Topliss-reactive ketones (excluding diaryl/α,β-unsaturated/α-hetero) is 1. The molecular formula is C24H30N2O3. The summed E-state index contributed by atoms with van der Waals surface area (Å²) in [5, 5.41) is 0. The first kappa shape index (κ1) is 21.1. The highest BCUT2D eigenvalue weighted by atomic mass is 16.5. The van der Waals surface area contributed by atoms with Gasteiger partial charge in [0.1, 0.15) is 11.5 Å². The van der Waals surface area contributed by atoms with Gasteiger partial charge in [0.15, 0.2) is 6.10 Å². The van der Waals surface area contributed by atoms with Gasteiger partial charge in [-0.15, -0.1) is 0 Å². The molecule has 154 valence electrons. The summed E-state index contributed by atoms with van der Waals surface area (Å²) in [6, 6.07) is 18.1. The second-order valence-corrected chi connectivity index (χ2v) is 7.69. The smallest absolute Gasteiger partial charge is 0.263 e. The summed E-state index contributed by atoms with van der Waals surface area (Å²) in [5.74, 6) is 0.901. The van der Waals surface area contributed by atoms with Gasteiger partial charge in [-0.1, -0.05) is 42.5 Å². The molecule has 1 unspecified atom stereocenters. The fraction of sp³-hybridized carbons (Fsp3) is 0.417. The van der Waals surface area contributed by atoms with Gasteiger partial charge in [0, 0.05) is 39.1 Å². The first-order valence-electron chi connectivity index (χ1n) is 10.3. The molecule has 2 aromatic rings. The lowest BCUT2D eigenvalue weighted by Crippen LogP contribution is -2.51. The van der Waals surface area contributed by atoms with Gasteiger partial charge in [0.25, 0.3) is 5.91 Å². The first-order valence-corrected chi connectivity index (χ1v) is 10.3. The van der Waals surface area contributed by atoms with Crippen LogP contribution in [0.4, 0.5) is 0 Å². The van der Waals surface area contributed by atoms with E-state index in [1.807, 2.05) is 42.2 Å². The third-order valence-electron chi connectivity index (χ3n) is 5.28. The Morgan fingerprint density at radius 3 is 2.21 bits per heavy atom. The van der Waals surface area contributed by atoms with Gasteiger partial charge in [-0.3, -0.25) is 9.69 Å². The Morgan fingerprint density at radius 2 is 1.59 bits per heavy atom. The van der Waals surface area contributed by atoms with Crippen LogP contribution in [-0.2, 0) is 22.6 Å². The highest BCUT2D eigenvalue weighted by Crippen LogP contribution is 2.17. The van der Waals surface area contributed by atoms with E-state index in [0.717, 1.165) is 44.7 Å². The van der Waals surface area contributed by atoms with E-state index < -0.39 is 6.10 Å². The zero-order valence-corrected chi connectivity index (χ0v) is 17.3. The topological polar surface area (TPSA) is 49.9 Å². The summed E-state index contributed by atoms with van der Waals surface area (Å²) in [4.78, 5) is 28.1. The molecule has 2 aromatic carbocycles. The maximum atomic E-state index is 12.8. The fourth-order valence-electron chi connectivity index (χ4n) is 3.53. The molecule has 0 saturated carbocycles. The second kappa shape index (κ2) is 10.2. The minimum Gasteiger partial charge on any atom is -0.481 e. The molecule has 0 bridgehead atoms. The van der Waals surface area contributed by atoms with Crippen molar-refractivity contribution in [2.75, 3.05) is 26.2 Å². The van der Waals surface area contributed by atoms with Crippen molar-refractivity contribution in [3.8, 4) is 5.75 Å². The number of hydrogen-bond acceptors (Lipinski definition) is 4. The summed E-state index contributed by atoms with van der Waals surface area (Å²) < 4.78 is 5.86. The number of benzene rings is 2. The summed E-state index contributed by atoms with van der Waals surface area (Å²) >= 11 is 0. The Bertz CT molecular complexity index is 797. The second-order valence-electron chi connectivity index (χ2n) is 7.69. The van der Waals surface area contributed by atoms with Crippen LogP contribution in [0.3, 0.4) is 0 Å². The number of amides is 1. The van der Waals surface area contributed by atoms with E-state index in [0.29, 0.717) is 12.2 Å². The number of aryl methyl sites for hydroxylation is 1. The lowest BCUT2D eigenvalue weighted by Gasteiger charge is -2.35. The number of piperazine rings is 1. The number of rotatable bonds is 8. The van der Waals surface area contributed by atoms with Gasteiger partial charge >= 0.3 is 0 Å². The minimum absolute atomic E-state index is 0.0324. The summed E-state index contributed by atoms with van der Waals surface area (Å²) in [5.41, 5.74) is 2.40. The third kappa shape index (κ3) is 6.43. The van der Waals surface area contributed by atoms with Crippen molar-refractivity contribution in [2.24, 2.45) is 0 Å². The lowest BCUT2D eigenvalue weighted by molar-refractivity contribution is -0.139. The molecule has 0 N–H and O–H groups in total. The molecule has 1 fully saturated rings. The Labute approximate surface area is 173 Å². The lowest BCUT2D eigenvalue weighted by atomic mass is 10.1. The average molecular weight is 395 g/mol. The maximum Gasteiger partial charge on any atom is 0.263 e. The number of carbonyl (C=O) groups is 2. The summed E-state index contributed by atoms with van der Waals surface area (Å²) in [6.07, 6.45) is 0.765. The van der Waals surface area contributed by atoms with Crippen molar-refractivity contribution < 1.29 is 14.3 Å². The molecule has 1 aliphatic heterocycles. The van der Waals surface area contributed by atoms with Crippen molar-refractivity contribution in [1.82, 2.24) is 9.80 Å². The molecule has 1 heterocycles. The van der Waals surface area contributed by atoms with E-state index in [-0.39, 0.29) is 11.7 Å².